The van der Waals surface area contributed by atoms with Crippen LogP contribution in [0.15, 0.2) is 41.1 Å². The van der Waals surface area contributed by atoms with Crippen molar-refractivity contribution in [2.75, 3.05) is 13.2 Å². The van der Waals surface area contributed by atoms with E-state index >= 15 is 0 Å². The van der Waals surface area contributed by atoms with Gasteiger partial charge in [0.25, 0.3) is 5.91 Å². The highest BCUT2D eigenvalue weighted by molar-refractivity contribution is 9.10. The summed E-state index contributed by atoms with van der Waals surface area (Å²) in [6.45, 7) is 3.14. The number of hydrogen-bond donors (Lipinski definition) is 1. The fourth-order valence-corrected chi connectivity index (χ4v) is 2.84. The summed E-state index contributed by atoms with van der Waals surface area (Å²) in [5.74, 6) is 1.32. The van der Waals surface area contributed by atoms with E-state index in [1.54, 1.807) is 18.5 Å². The van der Waals surface area contributed by atoms with Crippen LogP contribution in [0.3, 0.4) is 0 Å². The van der Waals surface area contributed by atoms with Crippen LogP contribution in [-0.4, -0.2) is 24.1 Å². The number of ether oxygens (including phenoxy) is 2. The van der Waals surface area contributed by atoms with E-state index in [-0.39, 0.29) is 11.9 Å². The number of halogens is 1. The zero-order chi connectivity index (χ0) is 16.2. The van der Waals surface area contributed by atoms with Gasteiger partial charge in [0.15, 0.2) is 11.5 Å². The van der Waals surface area contributed by atoms with E-state index in [4.69, 9.17) is 9.47 Å². The summed E-state index contributed by atoms with van der Waals surface area (Å²) >= 11 is 3.33. The average molecular weight is 377 g/mol. The van der Waals surface area contributed by atoms with Crippen molar-refractivity contribution < 1.29 is 14.3 Å². The highest BCUT2D eigenvalue weighted by Crippen LogP contribution is 2.33. The number of pyridine rings is 1. The van der Waals surface area contributed by atoms with Gasteiger partial charge in [0, 0.05) is 16.9 Å². The van der Waals surface area contributed by atoms with Crippen LogP contribution in [0.2, 0.25) is 0 Å². The summed E-state index contributed by atoms with van der Waals surface area (Å²) < 4.78 is 11.9. The van der Waals surface area contributed by atoms with Crippen LogP contribution in [0, 0.1) is 0 Å². The molecule has 0 aliphatic carbocycles. The number of amides is 1. The molecule has 1 aromatic carbocycles. The van der Waals surface area contributed by atoms with Crippen molar-refractivity contribution >= 4 is 21.8 Å². The SMILES string of the molecule is CCC(NC(=O)c1cncc(Br)c1)c1ccc2c(c1)OCCO2. The molecule has 2 aromatic rings. The minimum atomic E-state index is -0.152. The molecule has 120 valence electrons. The van der Waals surface area contributed by atoms with Gasteiger partial charge in [-0.3, -0.25) is 9.78 Å². The molecule has 0 saturated heterocycles. The largest absolute Gasteiger partial charge is 0.486 e. The first-order chi connectivity index (χ1) is 11.2. The van der Waals surface area contributed by atoms with Crippen LogP contribution in [0.1, 0.15) is 35.3 Å². The maximum atomic E-state index is 12.4. The zero-order valence-corrected chi connectivity index (χ0v) is 14.3. The Morgan fingerprint density at radius 3 is 2.78 bits per heavy atom. The number of nitrogens with one attached hydrogen (secondary N) is 1. The van der Waals surface area contributed by atoms with Gasteiger partial charge >= 0.3 is 0 Å². The van der Waals surface area contributed by atoms with Crippen LogP contribution in [0.5, 0.6) is 11.5 Å². The number of carbonyl (C=O) groups is 1. The number of benzene rings is 1. The Hall–Kier alpha value is -2.08. The summed E-state index contributed by atoms with van der Waals surface area (Å²) in [6.07, 6.45) is 3.97. The van der Waals surface area contributed by atoms with E-state index in [1.165, 1.54) is 0 Å². The van der Waals surface area contributed by atoms with E-state index < -0.39 is 0 Å². The Morgan fingerprint density at radius 2 is 2.04 bits per heavy atom. The van der Waals surface area contributed by atoms with Crippen LogP contribution < -0.4 is 14.8 Å². The van der Waals surface area contributed by atoms with Crippen molar-refractivity contribution in [3.05, 3.63) is 52.3 Å². The van der Waals surface area contributed by atoms with Crippen LogP contribution in [-0.2, 0) is 0 Å². The Morgan fingerprint density at radius 1 is 1.26 bits per heavy atom. The fraction of sp³-hybridized carbons (Fsp3) is 0.294. The highest BCUT2D eigenvalue weighted by atomic mass is 79.9. The number of carbonyl (C=O) groups excluding carboxylic acids is 1. The third-order valence-electron chi connectivity index (χ3n) is 3.65. The second kappa shape index (κ2) is 7.00. The molecule has 5 nitrogen and oxygen atoms in total. The van der Waals surface area contributed by atoms with E-state index in [0.29, 0.717) is 18.8 Å². The molecular weight excluding hydrogens is 360 g/mol. The van der Waals surface area contributed by atoms with Gasteiger partial charge in [0.2, 0.25) is 0 Å². The second-order valence-electron chi connectivity index (χ2n) is 5.23. The van der Waals surface area contributed by atoms with E-state index in [0.717, 1.165) is 28.0 Å². The molecule has 1 amide bonds. The molecule has 6 heteroatoms. The highest BCUT2D eigenvalue weighted by Gasteiger charge is 2.18. The number of nitrogens with zero attached hydrogens (tertiary/aromatic N) is 1. The van der Waals surface area contributed by atoms with Crippen molar-refractivity contribution in [2.24, 2.45) is 0 Å². The smallest absolute Gasteiger partial charge is 0.253 e. The molecule has 0 bridgehead atoms. The van der Waals surface area contributed by atoms with Crippen molar-refractivity contribution in [3.8, 4) is 11.5 Å². The molecule has 2 heterocycles. The minimum absolute atomic E-state index is 0.0997. The van der Waals surface area contributed by atoms with Gasteiger partial charge in [0.05, 0.1) is 11.6 Å². The molecule has 1 aliphatic heterocycles. The Labute approximate surface area is 143 Å². The maximum absolute atomic E-state index is 12.4. The lowest BCUT2D eigenvalue weighted by molar-refractivity contribution is 0.0935. The molecule has 0 spiro atoms. The molecule has 1 unspecified atom stereocenters. The van der Waals surface area contributed by atoms with Gasteiger partial charge in [-0.1, -0.05) is 13.0 Å². The minimum Gasteiger partial charge on any atom is -0.486 e. The van der Waals surface area contributed by atoms with Crippen molar-refractivity contribution in [3.63, 3.8) is 0 Å². The molecule has 1 aromatic heterocycles. The Bertz CT molecular complexity index is 721. The molecule has 0 fully saturated rings. The molecule has 3 rings (SSSR count). The van der Waals surface area contributed by atoms with Gasteiger partial charge < -0.3 is 14.8 Å². The van der Waals surface area contributed by atoms with Gasteiger partial charge in [0.1, 0.15) is 13.2 Å². The van der Waals surface area contributed by atoms with E-state index in [9.17, 15) is 4.79 Å². The van der Waals surface area contributed by atoms with E-state index in [2.05, 4.69) is 26.2 Å². The lowest BCUT2D eigenvalue weighted by Crippen LogP contribution is -2.28. The summed E-state index contributed by atoms with van der Waals surface area (Å²) in [7, 11) is 0. The predicted octanol–water partition coefficient (Wildman–Crippen LogP) is 3.50. The Kier molecular flexibility index (Phi) is 4.81. The quantitative estimate of drug-likeness (QED) is 0.886. The predicted molar refractivity (Wildman–Crippen MR) is 89.9 cm³/mol. The van der Waals surface area contributed by atoms with Gasteiger partial charge in [-0.25, -0.2) is 0 Å². The topological polar surface area (TPSA) is 60.5 Å². The zero-order valence-electron chi connectivity index (χ0n) is 12.7. The maximum Gasteiger partial charge on any atom is 0.253 e. The average Bonchev–Trinajstić information content (AvgIpc) is 2.59. The first kappa shape index (κ1) is 15.8. The van der Waals surface area contributed by atoms with Crippen molar-refractivity contribution in [1.29, 1.82) is 0 Å². The van der Waals surface area contributed by atoms with Crippen LogP contribution >= 0.6 is 15.9 Å². The standard InChI is InChI=1S/C17H17BrN2O3/c1-2-14(20-17(21)12-7-13(18)10-19-9-12)11-3-4-15-16(8-11)23-6-5-22-15/h3-4,7-10,14H,2,5-6H2,1H3,(H,20,21). The third-order valence-corrected chi connectivity index (χ3v) is 4.08. The lowest BCUT2D eigenvalue weighted by atomic mass is 10.0. The fourth-order valence-electron chi connectivity index (χ4n) is 2.48. The Balaban J connectivity index is 1.78. The molecule has 1 N–H and O–H groups in total. The molecule has 1 aliphatic rings. The summed E-state index contributed by atoms with van der Waals surface area (Å²) in [5.41, 5.74) is 1.52. The molecule has 0 saturated carbocycles. The summed E-state index contributed by atoms with van der Waals surface area (Å²) in [6, 6.07) is 7.43. The monoisotopic (exact) mass is 376 g/mol. The van der Waals surface area contributed by atoms with Crippen molar-refractivity contribution in [2.45, 2.75) is 19.4 Å². The molecule has 23 heavy (non-hydrogen) atoms. The first-order valence-corrected chi connectivity index (χ1v) is 8.27. The normalized spacial score (nSPS) is 14.2. The van der Waals surface area contributed by atoms with Gasteiger partial charge in [-0.15, -0.1) is 0 Å². The van der Waals surface area contributed by atoms with Crippen molar-refractivity contribution in [1.82, 2.24) is 10.3 Å². The summed E-state index contributed by atoms with van der Waals surface area (Å²) in [4.78, 5) is 16.4. The number of rotatable bonds is 4. The van der Waals surface area contributed by atoms with Gasteiger partial charge in [-0.2, -0.15) is 0 Å². The van der Waals surface area contributed by atoms with E-state index in [1.807, 2.05) is 25.1 Å². The number of hydrogen-bond acceptors (Lipinski definition) is 4. The molecule has 1 atom stereocenters. The van der Waals surface area contributed by atoms with Crippen LogP contribution in [0.25, 0.3) is 0 Å². The van der Waals surface area contributed by atoms with Gasteiger partial charge in [-0.05, 0) is 46.1 Å². The first-order valence-electron chi connectivity index (χ1n) is 7.48. The third kappa shape index (κ3) is 3.64. The second-order valence-corrected chi connectivity index (χ2v) is 6.14. The lowest BCUT2D eigenvalue weighted by Gasteiger charge is -2.22. The summed E-state index contributed by atoms with van der Waals surface area (Å²) in [5, 5.41) is 3.04. The molecular formula is C17H17BrN2O3. The van der Waals surface area contributed by atoms with Crippen LogP contribution in [0.4, 0.5) is 0 Å². The number of aromatic nitrogens is 1. The molecule has 0 radical (unpaired) electrons. The number of fused-ring (bicyclic) bond motifs is 1.